The normalized spacial score (nSPS) is 13.4. The van der Waals surface area contributed by atoms with Crippen LogP contribution in [0.2, 0.25) is 0 Å². The van der Waals surface area contributed by atoms with Gasteiger partial charge in [-0.3, -0.25) is 10.1 Å². The lowest BCUT2D eigenvalue weighted by Crippen LogP contribution is -2.08. The lowest BCUT2D eigenvalue weighted by molar-refractivity contribution is -0.384. The maximum Gasteiger partial charge on any atom is 0.269 e. The van der Waals surface area contributed by atoms with Crippen molar-refractivity contribution in [1.29, 1.82) is 0 Å². The monoisotopic (exact) mass is 269 g/mol. The lowest BCUT2D eigenvalue weighted by atomic mass is 9.89. The molecule has 0 bridgehead atoms. The van der Waals surface area contributed by atoms with E-state index in [0.717, 1.165) is 5.56 Å². The molecule has 4 nitrogen and oxygen atoms in total. The predicted octanol–water partition coefficient (Wildman–Crippen LogP) is 3.60. The second kappa shape index (κ2) is 6.12. The van der Waals surface area contributed by atoms with Crippen molar-refractivity contribution in [2.24, 2.45) is 0 Å². The highest BCUT2D eigenvalue weighted by Crippen LogP contribution is 2.32. The summed E-state index contributed by atoms with van der Waals surface area (Å²) in [5.41, 5.74) is 1.59. The summed E-state index contributed by atoms with van der Waals surface area (Å²) in [7, 11) is 0. The van der Waals surface area contributed by atoms with Crippen LogP contribution in [0.3, 0.4) is 0 Å². The smallest absolute Gasteiger partial charge is 0.269 e. The molecule has 4 heteroatoms. The first-order valence-corrected chi connectivity index (χ1v) is 6.23. The second-order valence-electron chi connectivity index (χ2n) is 4.47. The minimum atomic E-state index is -0.782. The van der Waals surface area contributed by atoms with Crippen molar-refractivity contribution in [3.8, 4) is 0 Å². The number of nitro benzene ring substituents is 1. The molecular weight excluding hydrogens is 254 g/mol. The van der Waals surface area contributed by atoms with Crippen LogP contribution < -0.4 is 0 Å². The van der Waals surface area contributed by atoms with E-state index in [9.17, 15) is 15.2 Å². The van der Waals surface area contributed by atoms with E-state index in [1.807, 2.05) is 30.3 Å². The lowest BCUT2D eigenvalue weighted by Gasteiger charge is -2.20. The summed E-state index contributed by atoms with van der Waals surface area (Å²) >= 11 is 0. The molecule has 1 N–H and O–H groups in total. The van der Waals surface area contributed by atoms with Gasteiger partial charge in [-0.2, -0.15) is 0 Å². The van der Waals surface area contributed by atoms with Crippen molar-refractivity contribution in [3.63, 3.8) is 0 Å². The number of hydrogen-bond acceptors (Lipinski definition) is 3. The maximum absolute atomic E-state index is 10.6. The molecule has 0 saturated heterocycles. The fraction of sp³-hybridized carbons (Fsp3) is 0.125. The van der Waals surface area contributed by atoms with E-state index in [1.165, 1.54) is 12.1 Å². The van der Waals surface area contributed by atoms with Crippen LogP contribution in [0.15, 0.2) is 67.3 Å². The zero-order valence-corrected chi connectivity index (χ0v) is 10.8. The molecule has 2 rings (SSSR count). The number of aliphatic hydroxyl groups excluding tert-OH is 1. The fourth-order valence-corrected chi connectivity index (χ4v) is 2.12. The first-order valence-electron chi connectivity index (χ1n) is 6.23. The largest absolute Gasteiger partial charge is 0.387 e. The Morgan fingerprint density at radius 3 is 2.15 bits per heavy atom. The zero-order chi connectivity index (χ0) is 14.5. The van der Waals surface area contributed by atoms with Crippen LogP contribution in [0.1, 0.15) is 23.1 Å². The molecule has 0 unspecified atom stereocenters. The molecule has 0 spiro atoms. The van der Waals surface area contributed by atoms with Gasteiger partial charge in [-0.15, -0.1) is 6.58 Å². The van der Waals surface area contributed by atoms with Gasteiger partial charge in [0.2, 0.25) is 0 Å². The summed E-state index contributed by atoms with van der Waals surface area (Å²) in [4.78, 5) is 10.2. The number of nitrogens with zero attached hydrogens (tertiary/aromatic N) is 1. The molecule has 0 aliphatic carbocycles. The Labute approximate surface area is 117 Å². The Hall–Kier alpha value is -2.46. The van der Waals surface area contributed by atoms with Crippen LogP contribution in [0.5, 0.6) is 0 Å². The van der Waals surface area contributed by atoms with E-state index < -0.39 is 11.0 Å². The van der Waals surface area contributed by atoms with Crippen LogP contribution in [0.25, 0.3) is 0 Å². The summed E-state index contributed by atoms with van der Waals surface area (Å²) in [6, 6.07) is 15.5. The predicted molar refractivity (Wildman–Crippen MR) is 77.4 cm³/mol. The van der Waals surface area contributed by atoms with Crippen LogP contribution >= 0.6 is 0 Å². The first-order chi connectivity index (χ1) is 9.63. The van der Waals surface area contributed by atoms with Gasteiger partial charge in [-0.25, -0.2) is 0 Å². The Balaban J connectivity index is 2.27. The van der Waals surface area contributed by atoms with Crippen molar-refractivity contribution in [3.05, 3.63) is 88.5 Å². The van der Waals surface area contributed by atoms with Crippen molar-refractivity contribution in [2.75, 3.05) is 0 Å². The first kappa shape index (κ1) is 14.0. The summed E-state index contributed by atoms with van der Waals surface area (Å²) in [6.45, 7) is 3.76. The molecule has 2 atom stereocenters. The van der Waals surface area contributed by atoms with Gasteiger partial charge in [0, 0.05) is 18.1 Å². The summed E-state index contributed by atoms with van der Waals surface area (Å²) in [5.74, 6) is -0.252. The molecule has 2 aromatic rings. The third kappa shape index (κ3) is 2.92. The summed E-state index contributed by atoms with van der Waals surface area (Å²) in [5, 5.41) is 21.0. The Morgan fingerprint density at radius 1 is 1.05 bits per heavy atom. The Bertz CT molecular complexity index is 593. The third-order valence-electron chi connectivity index (χ3n) is 3.22. The third-order valence-corrected chi connectivity index (χ3v) is 3.22. The summed E-state index contributed by atoms with van der Waals surface area (Å²) < 4.78 is 0. The zero-order valence-electron chi connectivity index (χ0n) is 10.8. The van der Waals surface area contributed by atoms with Crippen molar-refractivity contribution >= 4 is 5.69 Å². The van der Waals surface area contributed by atoms with E-state index >= 15 is 0 Å². The SMILES string of the molecule is C=C[C@@H](c1ccccc1)[C@H](O)c1ccc([N+](=O)[O-])cc1. The number of aliphatic hydroxyl groups is 1. The minimum absolute atomic E-state index is 0.0100. The van der Waals surface area contributed by atoms with Crippen LogP contribution in [0.4, 0.5) is 5.69 Å². The fourth-order valence-electron chi connectivity index (χ4n) is 2.12. The second-order valence-corrected chi connectivity index (χ2v) is 4.47. The molecule has 2 aromatic carbocycles. The number of benzene rings is 2. The molecule has 20 heavy (non-hydrogen) atoms. The molecular formula is C16H15NO3. The van der Waals surface area contributed by atoms with Crippen molar-refractivity contribution in [1.82, 2.24) is 0 Å². The van der Waals surface area contributed by atoms with Crippen LogP contribution in [-0.4, -0.2) is 10.0 Å². The Morgan fingerprint density at radius 2 is 1.65 bits per heavy atom. The molecule has 0 amide bonds. The highest BCUT2D eigenvalue weighted by Gasteiger charge is 2.20. The van der Waals surface area contributed by atoms with Gasteiger partial charge in [-0.05, 0) is 23.3 Å². The van der Waals surface area contributed by atoms with E-state index in [1.54, 1.807) is 18.2 Å². The molecule has 0 fully saturated rings. The number of nitro groups is 1. The van der Waals surface area contributed by atoms with E-state index in [-0.39, 0.29) is 11.6 Å². The van der Waals surface area contributed by atoms with Gasteiger partial charge in [0.05, 0.1) is 11.0 Å². The summed E-state index contributed by atoms with van der Waals surface area (Å²) in [6.07, 6.45) is 0.900. The van der Waals surface area contributed by atoms with Gasteiger partial charge >= 0.3 is 0 Å². The van der Waals surface area contributed by atoms with Gasteiger partial charge in [-0.1, -0.05) is 36.4 Å². The van der Waals surface area contributed by atoms with E-state index in [2.05, 4.69) is 6.58 Å². The molecule has 0 saturated carbocycles. The standard InChI is InChI=1S/C16H15NO3/c1-2-15(12-6-4-3-5-7-12)16(18)13-8-10-14(11-9-13)17(19)20/h2-11,15-16,18H,1H2/t15-,16+/m0/s1. The maximum atomic E-state index is 10.6. The molecule has 0 heterocycles. The molecule has 0 aliphatic heterocycles. The Kier molecular flexibility index (Phi) is 4.27. The van der Waals surface area contributed by atoms with E-state index in [4.69, 9.17) is 0 Å². The molecule has 102 valence electrons. The molecule has 0 radical (unpaired) electrons. The van der Waals surface area contributed by atoms with E-state index in [0.29, 0.717) is 5.56 Å². The topological polar surface area (TPSA) is 63.4 Å². The van der Waals surface area contributed by atoms with Gasteiger partial charge in [0.1, 0.15) is 0 Å². The quantitative estimate of drug-likeness (QED) is 0.512. The van der Waals surface area contributed by atoms with Crippen LogP contribution in [-0.2, 0) is 0 Å². The average Bonchev–Trinajstić information content (AvgIpc) is 2.49. The van der Waals surface area contributed by atoms with Crippen molar-refractivity contribution in [2.45, 2.75) is 12.0 Å². The van der Waals surface area contributed by atoms with Gasteiger partial charge in [0.15, 0.2) is 0 Å². The van der Waals surface area contributed by atoms with Gasteiger partial charge in [0.25, 0.3) is 5.69 Å². The average molecular weight is 269 g/mol. The highest BCUT2D eigenvalue weighted by atomic mass is 16.6. The number of non-ortho nitro benzene ring substituents is 1. The number of rotatable bonds is 5. The van der Waals surface area contributed by atoms with Gasteiger partial charge < -0.3 is 5.11 Å². The molecule has 0 aromatic heterocycles. The van der Waals surface area contributed by atoms with Crippen LogP contribution in [0, 0.1) is 10.1 Å². The molecule has 0 aliphatic rings. The highest BCUT2D eigenvalue weighted by molar-refractivity contribution is 5.36. The van der Waals surface area contributed by atoms with Crippen molar-refractivity contribution < 1.29 is 10.0 Å². The minimum Gasteiger partial charge on any atom is -0.387 e. The number of hydrogen-bond donors (Lipinski definition) is 1.